The Balaban J connectivity index is 2.70. The average molecular weight is 187 g/mol. The first-order valence-corrected chi connectivity index (χ1v) is 5.09. The number of hydrogen-bond donors (Lipinski definition) is 1. The molecule has 0 amide bonds. The maximum Gasteiger partial charge on any atom is 0.0426 e. The maximum atomic E-state index is 4.04. The van der Waals surface area contributed by atoms with Gasteiger partial charge in [-0.2, -0.15) is 0 Å². The van der Waals surface area contributed by atoms with Crippen molar-refractivity contribution in [3.63, 3.8) is 0 Å². The minimum absolute atomic E-state index is 0.448. The number of allylic oxidation sites excluding steroid dienone is 1. The minimum Gasteiger partial charge on any atom is -0.359 e. The van der Waals surface area contributed by atoms with Crippen molar-refractivity contribution in [1.29, 1.82) is 0 Å². The lowest BCUT2D eigenvalue weighted by molar-refractivity contribution is 0.936. The predicted molar refractivity (Wildman–Crippen MR) is 61.8 cm³/mol. The van der Waals surface area contributed by atoms with Gasteiger partial charge in [0.1, 0.15) is 0 Å². The molecular formula is C13H17N. The van der Waals surface area contributed by atoms with E-state index in [9.17, 15) is 0 Å². The van der Waals surface area contributed by atoms with Gasteiger partial charge >= 0.3 is 0 Å². The Morgan fingerprint density at radius 2 is 1.86 bits per heavy atom. The van der Waals surface area contributed by atoms with Gasteiger partial charge in [-0.15, -0.1) is 0 Å². The van der Waals surface area contributed by atoms with Crippen molar-refractivity contribution in [2.24, 2.45) is 0 Å². The third-order valence-corrected chi connectivity index (χ3v) is 3.46. The lowest BCUT2D eigenvalue weighted by atomic mass is 9.91. The molecule has 2 rings (SSSR count). The van der Waals surface area contributed by atoms with E-state index in [1.165, 1.54) is 27.9 Å². The molecule has 14 heavy (non-hydrogen) atoms. The van der Waals surface area contributed by atoms with Gasteiger partial charge in [0.05, 0.1) is 0 Å². The number of rotatable bonds is 0. The van der Waals surface area contributed by atoms with Crippen LogP contribution < -0.4 is 5.32 Å². The predicted octanol–water partition coefficient (Wildman–Crippen LogP) is 3.65. The summed E-state index contributed by atoms with van der Waals surface area (Å²) in [6, 6.07) is 2.23. The fraction of sp³-hybridized carbons (Fsp3) is 0.385. The van der Waals surface area contributed by atoms with E-state index in [-0.39, 0.29) is 0 Å². The fourth-order valence-corrected chi connectivity index (χ4v) is 2.22. The molecule has 0 radical (unpaired) electrons. The zero-order chi connectivity index (χ0) is 10.5. The number of nitrogens with one attached hydrogen (secondary N) is 1. The molecule has 1 aliphatic heterocycles. The Labute approximate surface area is 85.8 Å². The molecule has 0 spiro atoms. The summed E-state index contributed by atoms with van der Waals surface area (Å²) in [7, 11) is 0. The molecule has 0 saturated heterocycles. The van der Waals surface area contributed by atoms with Gasteiger partial charge in [0.25, 0.3) is 0 Å². The molecule has 1 aromatic rings. The van der Waals surface area contributed by atoms with Crippen LogP contribution in [-0.4, -0.2) is 0 Å². The Hall–Kier alpha value is -1.24. The molecular weight excluding hydrogens is 170 g/mol. The van der Waals surface area contributed by atoms with Crippen LogP contribution in [0.1, 0.15) is 35.1 Å². The van der Waals surface area contributed by atoms with Crippen LogP contribution in [0, 0.1) is 20.8 Å². The van der Waals surface area contributed by atoms with E-state index in [0.717, 1.165) is 5.70 Å². The zero-order valence-electron chi connectivity index (χ0n) is 9.36. The van der Waals surface area contributed by atoms with Gasteiger partial charge < -0.3 is 5.32 Å². The van der Waals surface area contributed by atoms with Gasteiger partial charge in [-0.1, -0.05) is 13.5 Å². The lowest BCUT2D eigenvalue weighted by Crippen LogP contribution is -1.95. The minimum atomic E-state index is 0.448. The summed E-state index contributed by atoms with van der Waals surface area (Å²) >= 11 is 0. The van der Waals surface area contributed by atoms with Crippen LogP contribution in [0.4, 0.5) is 5.69 Å². The fourth-order valence-electron chi connectivity index (χ4n) is 2.22. The quantitative estimate of drug-likeness (QED) is 0.653. The summed E-state index contributed by atoms with van der Waals surface area (Å²) in [6.45, 7) is 12.8. The van der Waals surface area contributed by atoms with Crippen molar-refractivity contribution >= 4 is 5.69 Å². The molecule has 1 heterocycles. The molecule has 1 atom stereocenters. The van der Waals surface area contributed by atoms with Crippen LogP contribution in [0.2, 0.25) is 0 Å². The monoisotopic (exact) mass is 187 g/mol. The molecule has 1 aromatic carbocycles. The second-order valence-electron chi connectivity index (χ2n) is 4.28. The summed E-state index contributed by atoms with van der Waals surface area (Å²) in [5.41, 5.74) is 7.98. The van der Waals surface area contributed by atoms with Crippen molar-refractivity contribution in [3.05, 3.63) is 40.6 Å². The van der Waals surface area contributed by atoms with Gasteiger partial charge in [-0.25, -0.2) is 0 Å². The molecule has 74 valence electrons. The van der Waals surface area contributed by atoms with E-state index in [1.807, 2.05) is 0 Å². The third kappa shape index (κ3) is 1.08. The van der Waals surface area contributed by atoms with Gasteiger partial charge in [0.2, 0.25) is 0 Å². The van der Waals surface area contributed by atoms with Crippen molar-refractivity contribution in [1.82, 2.24) is 0 Å². The van der Waals surface area contributed by atoms with Crippen LogP contribution in [0.5, 0.6) is 0 Å². The van der Waals surface area contributed by atoms with Crippen molar-refractivity contribution in [2.75, 3.05) is 5.32 Å². The van der Waals surface area contributed by atoms with E-state index in [4.69, 9.17) is 0 Å². The van der Waals surface area contributed by atoms with Crippen LogP contribution in [-0.2, 0) is 0 Å². The van der Waals surface area contributed by atoms with E-state index in [0.29, 0.717) is 5.92 Å². The molecule has 1 nitrogen and oxygen atoms in total. The van der Waals surface area contributed by atoms with E-state index < -0.39 is 0 Å². The molecule has 0 saturated carbocycles. The van der Waals surface area contributed by atoms with Crippen molar-refractivity contribution in [3.8, 4) is 0 Å². The number of benzene rings is 1. The molecule has 0 aromatic heterocycles. The normalized spacial score (nSPS) is 19.4. The number of hydrogen-bond acceptors (Lipinski definition) is 1. The highest BCUT2D eigenvalue weighted by Crippen LogP contribution is 2.41. The molecule has 0 fully saturated rings. The average Bonchev–Trinajstić information content (AvgIpc) is 2.39. The second-order valence-corrected chi connectivity index (χ2v) is 4.28. The van der Waals surface area contributed by atoms with E-state index >= 15 is 0 Å². The summed E-state index contributed by atoms with van der Waals surface area (Å²) in [5, 5.41) is 3.36. The standard InChI is InChI=1S/C13H17N/c1-7-6-12-13(9(3)8(7)2)10(4)11(5)14-12/h6,10,14H,5H2,1-4H3. The third-order valence-electron chi connectivity index (χ3n) is 3.46. The molecule has 0 aliphatic carbocycles. The Morgan fingerprint density at radius 1 is 1.21 bits per heavy atom. The van der Waals surface area contributed by atoms with Crippen molar-refractivity contribution < 1.29 is 0 Å². The molecule has 1 heteroatoms. The number of fused-ring (bicyclic) bond motifs is 1. The lowest BCUT2D eigenvalue weighted by Gasteiger charge is -2.12. The number of aryl methyl sites for hydroxylation is 1. The van der Waals surface area contributed by atoms with Crippen LogP contribution in [0.15, 0.2) is 18.3 Å². The largest absolute Gasteiger partial charge is 0.359 e. The molecule has 1 N–H and O–H groups in total. The molecule has 0 bridgehead atoms. The highest BCUT2D eigenvalue weighted by Gasteiger charge is 2.24. The van der Waals surface area contributed by atoms with Crippen LogP contribution >= 0.6 is 0 Å². The van der Waals surface area contributed by atoms with Crippen molar-refractivity contribution in [2.45, 2.75) is 33.6 Å². The summed E-state index contributed by atoms with van der Waals surface area (Å²) in [4.78, 5) is 0. The van der Waals surface area contributed by atoms with Gasteiger partial charge in [-0.05, 0) is 49.1 Å². The molecule has 1 aliphatic rings. The molecule has 1 unspecified atom stereocenters. The summed E-state index contributed by atoms with van der Waals surface area (Å²) in [5.74, 6) is 0.448. The summed E-state index contributed by atoms with van der Waals surface area (Å²) < 4.78 is 0. The Morgan fingerprint density at radius 3 is 2.50 bits per heavy atom. The first kappa shape index (κ1) is 9.32. The highest BCUT2D eigenvalue weighted by molar-refractivity contribution is 5.69. The SMILES string of the molecule is C=C1Nc2cc(C)c(C)c(C)c2C1C. The highest BCUT2D eigenvalue weighted by atomic mass is 14.9. The van der Waals surface area contributed by atoms with Gasteiger partial charge in [-0.3, -0.25) is 0 Å². The van der Waals surface area contributed by atoms with E-state index in [1.54, 1.807) is 0 Å². The Bertz CT molecular complexity index is 416. The van der Waals surface area contributed by atoms with Gasteiger partial charge in [0.15, 0.2) is 0 Å². The Kier molecular flexibility index (Phi) is 1.91. The zero-order valence-corrected chi connectivity index (χ0v) is 9.36. The first-order chi connectivity index (χ1) is 6.52. The number of anilines is 1. The van der Waals surface area contributed by atoms with E-state index in [2.05, 4.69) is 45.7 Å². The topological polar surface area (TPSA) is 12.0 Å². The van der Waals surface area contributed by atoms with Crippen LogP contribution in [0.3, 0.4) is 0 Å². The van der Waals surface area contributed by atoms with Crippen LogP contribution in [0.25, 0.3) is 0 Å². The maximum absolute atomic E-state index is 4.04. The van der Waals surface area contributed by atoms with Gasteiger partial charge in [0, 0.05) is 17.3 Å². The summed E-state index contributed by atoms with van der Waals surface area (Å²) in [6.07, 6.45) is 0. The first-order valence-electron chi connectivity index (χ1n) is 5.09. The smallest absolute Gasteiger partial charge is 0.0426 e. The second kappa shape index (κ2) is 2.88.